The SMILES string of the molecule is CCc1noc(CNC(=O)Cn2nc(CC3CC3)nc2[C@H](N)Cc2ccccc2)n1.Cl. The largest absolute Gasteiger partial charge is 0.345 e. The van der Waals surface area contributed by atoms with E-state index in [1.54, 1.807) is 4.68 Å². The van der Waals surface area contributed by atoms with Gasteiger partial charge in [-0.1, -0.05) is 42.4 Å². The van der Waals surface area contributed by atoms with E-state index in [2.05, 4.69) is 25.5 Å². The van der Waals surface area contributed by atoms with E-state index < -0.39 is 0 Å². The van der Waals surface area contributed by atoms with Gasteiger partial charge in [0, 0.05) is 12.8 Å². The molecule has 0 bridgehead atoms. The molecule has 10 heteroatoms. The maximum atomic E-state index is 12.5. The van der Waals surface area contributed by atoms with Crippen molar-refractivity contribution in [3.05, 3.63) is 59.3 Å². The number of nitrogens with one attached hydrogen (secondary N) is 1. The second kappa shape index (κ2) is 10.5. The predicted octanol–water partition coefficient (Wildman–Crippen LogP) is 2.16. The summed E-state index contributed by atoms with van der Waals surface area (Å²) in [7, 11) is 0. The maximum absolute atomic E-state index is 12.5. The van der Waals surface area contributed by atoms with Crippen molar-refractivity contribution in [1.29, 1.82) is 0 Å². The molecule has 0 aliphatic heterocycles. The van der Waals surface area contributed by atoms with E-state index in [0.29, 0.717) is 36.3 Å². The summed E-state index contributed by atoms with van der Waals surface area (Å²) in [5.41, 5.74) is 7.58. The smallest absolute Gasteiger partial charge is 0.246 e. The molecule has 1 aromatic carbocycles. The molecule has 1 atom stereocenters. The van der Waals surface area contributed by atoms with Crippen LogP contribution in [0, 0.1) is 5.92 Å². The highest BCUT2D eigenvalue weighted by molar-refractivity contribution is 5.85. The number of hydrogen-bond donors (Lipinski definition) is 2. The third-order valence-electron chi connectivity index (χ3n) is 5.10. The molecule has 2 aromatic heterocycles. The highest BCUT2D eigenvalue weighted by atomic mass is 35.5. The van der Waals surface area contributed by atoms with E-state index in [9.17, 15) is 4.79 Å². The second-order valence-electron chi connectivity index (χ2n) is 7.72. The minimum Gasteiger partial charge on any atom is -0.345 e. The summed E-state index contributed by atoms with van der Waals surface area (Å²) in [6.45, 7) is 2.17. The fourth-order valence-corrected chi connectivity index (χ4v) is 3.29. The number of hydrogen-bond acceptors (Lipinski definition) is 7. The Bertz CT molecular complexity index is 985. The Balaban J connectivity index is 0.00000272. The molecule has 4 rings (SSSR count). The summed E-state index contributed by atoms with van der Waals surface area (Å²) in [5.74, 6) is 2.84. The van der Waals surface area contributed by atoms with Gasteiger partial charge in [-0.25, -0.2) is 9.67 Å². The highest BCUT2D eigenvalue weighted by Crippen LogP contribution is 2.32. The molecule has 1 aliphatic rings. The van der Waals surface area contributed by atoms with Crippen LogP contribution in [0.3, 0.4) is 0 Å². The lowest BCUT2D eigenvalue weighted by atomic mass is 10.1. The second-order valence-corrected chi connectivity index (χ2v) is 7.72. The van der Waals surface area contributed by atoms with Gasteiger partial charge in [0.1, 0.15) is 12.4 Å². The van der Waals surface area contributed by atoms with Crippen LogP contribution in [0.25, 0.3) is 0 Å². The molecule has 9 nitrogen and oxygen atoms in total. The first-order valence-corrected chi connectivity index (χ1v) is 10.4. The van der Waals surface area contributed by atoms with Crippen LogP contribution in [0.5, 0.6) is 0 Å². The monoisotopic (exact) mass is 445 g/mol. The number of halogens is 1. The van der Waals surface area contributed by atoms with Crippen molar-refractivity contribution in [2.45, 2.75) is 58.2 Å². The molecule has 1 amide bonds. The zero-order valence-electron chi connectivity index (χ0n) is 17.5. The number of benzene rings is 1. The summed E-state index contributed by atoms with van der Waals surface area (Å²) in [5, 5.41) is 11.2. The number of nitrogens with zero attached hydrogens (tertiary/aromatic N) is 5. The molecule has 0 saturated heterocycles. The average Bonchev–Trinajstić information content (AvgIpc) is 3.28. The summed E-state index contributed by atoms with van der Waals surface area (Å²) >= 11 is 0. The average molecular weight is 446 g/mol. The van der Waals surface area contributed by atoms with Gasteiger partial charge in [-0.15, -0.1) is 12.4 Å². The molecule has 1 saturated carbocycles. The summed E-state index contributed by atoms with van der Waals surface area (Å²) in [4.78, 5) is 21.4. The molecule has 0 unspecified atom stereocenters. The third kappa shape index (κ3) is 6.35. The Morgan fingerprint density at radius 1 is 1.26 bits per heavy atom. The third-order valence-corrected chi connectivity index (χ3v) is 5.10. The fraction of sp³-hybridized carbons (Fsp3) is 0.476. The van der Waals surface area contributed by atoms with Crippen molar-refractivity contribution in [3.63, 3.8) is 0 Å². The Kier molecular flexibility index (Phi) is 7.75. The molecule has 3 N–H and O–H groups in total. The van der Waals surface area contributed by atoms with Crippen molar-refractivity contribution in [1.82, 2.24) is 30.2 Å². The van der Waals surface area contributed by atoms with Gasteiger partial charge in [-0.2, -0.15) is 10.1 Å². The minimum absolute atomic E-state index is 0. The number of aromatic nitrogens is 5. The van der Waals surface area contributed by atoms with Crippen LogP contribution in [0.4, 0.5) is 0 Å². The van der Waals surface area contributed by atoms with Crippen molar-refractivity contribution in [2.75, 3.05) is 0 Å². The predicted molar refractivity (Wildman–Crippen MR) is 116 cm³/mol. The van der Waals surface area contributed by atoms with E-state index in [1.807, 2.05) is 37.3 Å². The zero-order chi connectivity index (χ0) is 20.9. The quantitative estimate of drug-likeness (QED) is 0.489. The van der Waals surface area contributed by atoms with E-state index in [0.717, 1.165) is 17.8 Å². The molecule has 2 heterocycles. The van der Waals surface area contributed by atoms with Crippen LogP contribution in [-0.4, -0.2) is 30.8 Å². The number of carbonyl (C=O) groups is 1. The Morgan fingerprint density at radius 2 is 2.03 bits per heavy atom. The first kappa shape index (κ1) is 22.9. The van der Waals surface area contributed by atoms with Crippen LogP contribution in [0.15, 0.2) is 34.9 Å². The van der Waals surface area contributed by atoms with E-state index in [-0.39, 0.29) is 37.4 Å². The molecular formula is C21H28ClN7O2. The summed E-state index contributed by atoms with van der Waals surface area (Å²) < 4.78 is 6.74. The fourth-order valence-electron chi connectivity index (χ4n) is 3.29. The van der Waals surface area contributed by atoms with Gasteiger partial charge in [-0.05, 0) is 30.7 Å². The van der Waals surface area contributed by atoms with E-state index in [1.165, 1.54) is 12.8 Å². The number of amides is 1. The number of aryl methyl sites for hydroxylation is 1. The van der Waals surface area contributed by atoms with Gasteiger partial charge in [0.2, 0.25) is 11.8 Å². The summed E-state index contributed by atoms with van der Waals surface area (Å²) in [6.07, 6.45) is 4.57. The standard InChI is InChI=1S/C21H27N7O2.ClH/c1-2-17-24-20(30-27-17)12-23-19(29)13-28-21(25-18(26-28)11-15-8-9-15)16(22)10-14-6-4-3-5-7-14;/h3-7,15-16H,2,8-13,22H2,1H3,(H,23,29);1H/t16-;/m1./s1. The molecule has 31 heavy (non-hydrogen) atoms. The molecular weight excluding hydrogens is 418 g/mol. The minimum atomic E-state index is -0.344. The normalized spacial score (nSPS) is 14.1. The van der Waals surface area contributed by atoms with Crippen LogP contribution < -0.4 is 11.1 Å². The molecule has 0 spiro atoms. The lowest BCUT2D eigenvalue weighted by Gasteiger charge is -2.12. The van der Waals surface area contributed by atoms with Gasteiger partial charge in [0.15, 0.2) is 11.6 Å². The number of rotatable bonds is 10. The van der Waals surface area contributed by atoms with Gasteiger partial charge >= 0.3 is 0 Å². The summed E-state index contributed by atoms with van der Waals surface area (Å²) in [6, 6.07) is 9.67. The van der Waals surface area contributed by atoms with Crippen LogP contribution in [0.1, 0.15) is 54.7 Å². The van der Waals surface area contributed by atoms with Crippen molar-refractivity contribution in [3.8, 4) is 0 Å². The van der Waals surface area contributed by atoms with Crippen LogP contribution >= 0.6 is 12.4 Å². The van der Waals surface area contributed by atoms with Gasteiger partial charge in [-0.3, -0.25) is 4.79 Å². The first-order valence-electron chi connectivity index (χ1n) is 10.4. The van der Waals surface area contributed by atoms with E-state index >= 15 is 0 Å². The highest BCUT2D eigenvalue weighted by Gasteiger charge is 2.26. The van der Waals surface area contributed by atoms with Crippen LogP contribution in [-0.2, 0) is 37.1 Å². The molecule has 166 valence electrons. The number of carbonyl (C=O) groups excluding carboxylic acids is 1. The van der Waals surface area contributed by atoms with Crippen molar-refractivity contribution < 1.29 is 9.32 Å². The molecule has 1 fully saturated rings. The lowest BCUT2D eigenvalue weighted by Crippen LogP contribution is -2.30. The van der Waals surface area contributed by atoms with Crippen LogP contribution in [0.2, 0.25) is 0 Å². The topological polar surface area (TPSA) is 125 Å². The Morgan fingerprint density at radius 3 is 2.71 bits per heavy atom. The Labute approximate surface area is 187 Å². The lowest BCUT2D eigenvalue weighted by molar-refractivity contribution is -0.122. The van der Waals surface area contributed by atoms with Gasteiger partial charge in [0.25, 0.3) is 0 Å². The van der Waals surface area contributed by atoms with Gasteiger partial charge < -0.3 is 15.6 Å². The molecule has 1 aliphatic carbocycles. The van der Waals surface area contributed by atoms with Crippen molar-refractivity contribution in [2.24, 2.45) is 11.7 Å². The first-order chi connectivity index (χ1) is 14.6. The van der Waals surface area contributed by atoms with Crippen molar-refractivity contribution >= 4 is 18.3 Å². The molecule has 3 aromatic rings. The number of nitrogens with two attached hydrogens (primary N) is 1. The zero-order valence-corrected chi connectivity index (χ0v) is 18.3. The maximum Gasteiger partial charge on any atom is 0.246 e. The van der Waals surface area contributed by atoms with E-state index in [4.69, 9.17) is 10.3 Å². The molecule has 0 radical (unpaired) electrons. The Hall–Kier alpha value is -2.78. The van der Waals surface area contributed by atoms with Gasteiger partial charge in [0.05, 0.1) is 12.6 Å².